The zero-order chi connectivity index (χ0) is 17.9. The van der Waals surface area contributed by atoms with E-state index in [0.29, 0.717) is 18.8 Å². The predicted molar refractivity (Wildman–Crippen MR) is 98.7 cm³/mol. The number of carbonyl (C=O) groups excluding carboxylic acids is 1. The first kappa shape index (κ1) is 17.0. The molecule has 0 aliphatic carbocycles. The van der Waals surface area contributed by atoms with Crippen molar-refractivity contribution in [2.24, 2.45) is 5.41 Å². The standard InChI is InChI=1S/C20H23N3O2/c1-20(2,3)12-19(24)22-15-7-6-8-17(11-15)25-14-16-13-23-10-5-4-9-18(23)21-16/h4-11,13H,12,14H2,1-3H3,(H,22,24). The van der Waals surface area contributed by atoms with Crippen molar-refractivity contribution < 1.29 is 9.53 Å². The van der Waals surface area contributed by atoms with Crippen LogP contribution in [0.4, 0.5) is 5.69 Å². The second-order valence-electron chi connectivity index (χ2n) is 7.30. The van der Waals surface area contributed by atoms with Gasteiger partial charge >= 0.3 is 0 Å². The number of rotatable bonds is 5. The lowest BCUT2D eigenvalue weighted by atomic mass is 9.92. The molecule has 0 saturated heterocycles. The number of carbonyl (C=O) groups is 1. The number of imidazole rings is 1. The maximum Gasteiger partial charge on any atom is 0.224 e. The van der Waals surface area contributed by atoms with Gasteiger partial charge in [0.05, 0.1) is 5.69 Å². The highest BCUT2D eigenvalue weighted by Crippen LogP contribution is 2.22. The molecule has 0 atom stereocenters. The summed E-state index contributed by atoms with van der Waals surface area (Å²) in [5.41, 5.74) is 2.45. The van der Waals surface area contributed by atoms with Crippen molar-refractivity contribution in [1.82, 2.24) is 9.38 Å². The monoisotopic (exact) mass is 337 g/mol. The van der Waals surface area contributed by atoms with E-state index in [1.165, 1.54) is 0 Å². The lowest BCUT2D eigenvalue weighted by Crippen LogP contribution is -2.19. The Balaban J connectivity index is 1.62. The number of nitrogens with one attached hydrogen (secondary N) is 1. The normalized spacial score (nSPS) is 11.5. The molecule has 25 heavy (non-hydrogen) atoms. The van der Waals surface area contributed by atoms with Gasteiger partial charge in [-0.05, 0) is 29.7 Å². The van der Waals surface area contributed by atoms with Gasteiger partial charge in [0, 0.05) is 30.6 Å². The molecule has 0 saturated carbocycles. The third-order valence-corrected chi connectivity index (χ3v) is 3.61. The third kappa shape index (κ3) is 4.83. The molecule has 5 nitrogen and oxygen atoms in total. The number of hydrogen-bond acceptors (Lipinski definition) is 3. The van der Waals surface area contributed by atoms with Crippen LogP contribution in [0.5, 0.6) is 5.75 Å². The largest absolute Gasteiger partial charge is 0.487 e. The second-order valence-corrected chi connectivity index (χ2v) is 7.30. The summed E-state index contributed by atoms with van der Waals surface area (Å²) in [6, 6.07) is 13.3. The smallest absolute Gasteiger partial charge is 0.224 e. The highest BCUT2D eigenvalue weighted by Gasteiger charge is 2.16. The molecule has 1 aromatic carbocycles. The van der Waals surface area contributed by atoms with Crippen LogP contribution in [-0.2, 0) is 11.4 Å². The molecule has 3 aromatic rings. The highest BCUT2D eigenvalue weighted by molar-refractivity contribution is 5.91. The minimum Gasteiger partial charge on any atom is -0.487 e. The molecule has 0 radical (unpaired) electrons. The third-order valence-electron chi connectivity index (χ3n) is 3.61. The van der Waals surface area contributed by atoms with E-state index in [1.807, 2.05) is 80.0 Å². The van der Waals surface area contributed by atoms with Gasteiger partial charge in [-0.25, -0.2) is 4.98 Å². The number of ether oxygens (including phenoxy) is 1. The SMILES string of the molecule is CC(C)(C)CC(=O)Nc1cccc(OCc2cn3ccccc3n2)c1. The van der Waals surface area contributed by atoms with Crippen molar-refractivity contribution in [1.29, 1.82) is 0 Å². The summed E-state index contributed by atoms with van der Waals surface area (Å²) < 4.78 is 7.78. The summed E-state index contributed by atoms with van der Waals surface area (Å²) in [5.74, 6) is 0.704. The number of aromatic nitrogens is 2. The molecule has 0 fully saturated rings. The summed E-state index contributed by atoms with van der Waals surface area (Å²) in [6.45, 7) is 6.50. The molecule has 0 bridgehead atoms. The van der Waals surface area contributed by atoms with Crippen molar-refractivity contribution in [3.8, 4) is 5.75 Å². The molecule has 0 spiro atoms. The van der Waals surface area contributed by atoms with Crippen LogP contribution in [0.15, 0.2) is 54.9 Å². The molecule has 3 rings (SSSR count). The van der Waals surface area contributed by atoms with E-state index in [1.54, 1.807) is 0 Å². The van der Waals surface area contributed by atoms with Gasteiger partial charge in [0.1, 0.15) is 18.0 Å². The first-order valence-electron chi connectivity index (χ1n) is 8.34. The second kappa shape index (κ2) is 6.97. The summed E-state index contributed by atoms with van der Waals surface area (Å²) >= 11 is 0. The minimum absolute atomic E-state index is 0.00463. The zero-order valence-corrected chi connectivity index (χ0v) is 14.8. The van der Waals surface area contributed by atoms with E-state index in [4.69, 9.17) is 4.74 Å². The Hall–Kier alpha value is -2.82. The number of hydrogen-bond donors (Lipinski definition) is 1. The van der Waals surface area contributed by atoms with Crippen molar-refractivity contribution >= 4 is 17.2 Å². The molecular formula is C20H23N3O2. The van der Waals surface area contributed by atoms with Crippen LogP contribution in [0, 0.1) is 5.41 Å². The summed E-state index contributed by atoms with van der Waals surface area (Å²) in [4.78, 5) is 16.6. The van der Waals surface area contributed by atoms with Crippen molar-refractivity contribution in [2.45, 2.75) is 33.8 Å². The Bertz CT molecular complexity index is 845. The fourth-order valence-corrected chi connectivity index (χ4v) is 2.56. The molecule has 1 amide bonds. The first-order chi connectivity index (χ1) is 11.9. The number of benzene rings is 1. The van der Waals surface area contributed by atoms with Crippen LogP contribution in [-0.4, -0.2) is 15.3 Å². The molecule has 2 aromatic heterocycles. The number of nitrogens with zero attached hydrogens (tertiary/aromatic N) is 2. The van der Waals surface area contributed by atoms with Gasteiger partial charge in [-0.2, -0.15) is 0 Å². The minimum atomic E-state index is -0.0404. The molecule has 0 aliphatic heterocycles. The maximum atomic E-state index is 12.1. The highest BCUT2D eigenvalue weighted by atomic mass is 16.5. The molecule has 2 heterocycles. The van der Waals surface area contributed by atoms with E-state index in [0.717, 1.165) is 17.0 Å². The number of pyridine rings is 1. The summed E-state index contributed by atoms with van der Waals surface area (Å²) in [7, 11) is 0. The molecule has 5 heteroatoms. The fourth-order valence-electron chi connectivity index (χ4n) is 2.56. The predicted octanol–water partition coefficient (Wildman–Crippen LogP) is 4.29. The molecule has 130 valence electrons. The molecule has 0 unspecified atom stereocenters. The van der Waals surface area contributed by atoms with Gasteiger partial charge in [0.2, 0.25) is 5.91 Å². The van der Waals surface area contributed by atoms with Crippen LogP contribution < -0.4 is 10.1 Å². The van der Waals surface area contributed by atoms with Gasteiger partial charge in [-0.3, -0.25) is 4.79 Å². The van der Waals surface area contributed by atoms with Gasteiger partial charge < -0.3 is 14.5 Å². The Kier molecular flexibility index (Phi) is 4.74. The van der Waals surface area contributed by atoms with Crippen molar-refractivity contribution in [3.05, 3.63) is 60.6 Å². The lowest BCUT2D eigenvalue weighted by molar-refractivity contribution is -0.117. The Morgan fingerprint density at radius 2 is 2.04 bits per heavy atom. The van der Waals surface area contributed by atoms with E-state index >= 15 is 0 Å². The lowest BCUT2D eigenvalue weighted by Gasteiger charge is -2.17. The van der Waals surface area contributed by atoms with Gasteiger partial charge in [0.25, 0.3) is 0 Å². The van der Waals surface area contributed by atoms with Crippen molar-refractivity contribution in [2.75, 3.05) is 5.32 Å². The van der Waals surface area contributed by atoms with Gasteiger partial charge in [-0.15, -0.1) is 0 Å². The van der Waals surface area contributed by atoms with E-state index in [9.17, 15) is 4.79 Å². The number of fused-ring (bicyclic) bond motifs is 1. The van der Waals surface area contributed by atoms with Crippen LogP contribution in [0.25, 0.3) is 5.65 Å². The molecule has 0 aliphatic rings. The topological polar surface area (TPSA) is 55.6 Å². The average Bonchev–Trinajstić information content (AvgIpc) is 2.94. The maximum absolute atomic E-state index is 12.1. The Labute approximate surface area is 147 Å². The van der Waals surface area contributed by atoms with E-state index < -0.39 is 0 Å². The van der Waals surface area contributed by atoms with E-state index in [-0.39, 0.29) is 11.3 Å². The van der Waals surface area contributed by atoms with E-state index in [2.05, 4.69) is 10.3 Å². The summed E-state index contributed by atoms with van der Waals surface area (Å²) in [6.07, 6.45) is 4.38. The molecular weight excluding hydrogens is 314 g/mol. The summed E-state index contributed by atoms with van der Waals surface area (Å²) in [5, 5.41) is 2.92. The number of amides is 1. The zero-order valence-electron chi connectivity index (χ0n) is 14.8. The quantitative estimate of drug-likeness (QED) is 0.756. The van der Waals surface area contributed by atoms with Crippen LogP contribution in [0.2, 0.25) is 0 Å². The number of anilines is 1. The molecule has 1 N–H and O–H groups in total. The Morgan fingerprint density at radius 3 is 2.80 bits per heavy atom. The Morgan fingerprint density at radius 1 is 1.20 bits per heavy atom. The first-order valence-corrected chi connectivity index (χ1v) is 8.34. The van der Waals surface area contributed by atoms with Crippen LogP contribution in [0.1, 0.15) is 32.9 Å². The fraction of sp³-hybridized carbons (Fsp3) is 0.300. The van der Waals surface area contributed by atoms with Crippen molar-refractivity contribution in [3.63, 3.8) is 0 Å². The van der Waals surface area contributed by atoms with Crippen LogP contribution >= 0.6 is 0 Å². The average molecular weight is 337 g/mol. The van der Waals surface area contributed by atoms with Crippen LogP contribution in [0.3, 0.4) is 0 Å². The van der Waals surface area contributed by atoms with Gasteiger partial charge in [-0.1, -0.05) is 32.9 Å². The van der Waals surface area contributed by atoms with Gasteiger partial charge in [0.15, 0.2) is 0 Å².